The number of nitrogens with zero attached hydrogens (tertiary/aromatic N) is 1. The molecule has 0 saturated carbocycles. The van der Waals surface area contributed by atoms with E-state index in [-0.39, 0.29) is 11.7 Å². The summed E-state index contributed by atoms with van der Waals surface area (Å²) < 4.78 is 49.4. The van der Waals surface area contributed by atoms with Crippen molar-refractivity contribution in [3.63, 3.8) is 0 Å². The Balaban J connectivity index is 2.11. The van der Waals surface area contributed by atoms with E-state index in [9.17, 15) is 16.8 Å². The Morgan fingerprint density at radius 3 is 2.14 bits per heavy atom. The molecule has 2 rings (SSSR count). The van der Waals surface area contributed by atoms with Crippen molar-refractivity contribution >= 4 is 19.9 Å². The molecule has 0 bridgehead atoms. The second-order valence-corrected chi connectivity index (χ2v) is 10.3. The fourth-order valence-electron chi connectivity index (χ4n) is 2.77. The smallest absolute Gasteiger partial charge is 0.229 e. The van der Waals surface area contributed by atoms with Crippen molar-refractivity contribution in [1.82, 2.24) is 4.31 Å². The van der Waals surface area contributed by atoms with Crippen LogP contribution < -0.4 is 0 Å². The van der Waals surface area contributed by atoms with Gasteiger partial charge in [-0.05, 0) is 55.9 Å². The van der Waals surface area contributed by atoms with Gasteiger partial charge in [-0.2, -0.15) is 4.31 Å². The average molecular weight is 345 g/mol. The van der Waals surface area contributed by atoms with E-state index in [2.05, 4.69) is 0 Å². The van der Waals surface area contributed by atoms with Crippen LogP contribution in [-0.2, 0) is 19.9 Å². The first-order valence-electron chi connectivity index (χ1n) is 7.35. The Morgan fingerprint density at radius 2 is 1.64 bits per heavy atom. The highest BCUT2D eigenvalue weighted by Crippen LogP contribution is 2.25. The lowest BCUT2D eigenvalue weighted by Gasteiger charge is -2.31. The molecule has 1 aromatic carbocycles. The molecule has 1 aliphatic rings. The van der Waals surface area contributed by atoms with Crippen LogP contribution in [0, 0.1) is 19.8 Å². The highest BCUT2D eigenvalue weighted by molar-refractivity contribution is 7.90. The zero-order valence-corrected chi connectivity index (χ0v) is 14.9. The van der Waals surface area contributed by atoms with Gasteiger partial charge in [0.25, 0.3) is 0 Å². The van der Waals surface area contributed by atoms with Gasteiger partial charge in [0.2, 0.25) is 10.0 Å². The molecule has 0 spiro atoms. The number of rotatable bonds is 4. The number of aryl methyl sites for hydroxylation is 2. The molecule has 5 nitrogen and oxygen atoms in total. The summed E-state index contributed by atoms with van der Waals surface area (Å²) in [6.07, 6.45) is 2.42. The number of sulfonamides is 1. The number of hydrogen-bond acceptors (Lipinski definition) is 4. The van der Waals surface area contributed by atoms with Gasteiger partial charge in [-0.15, -0.1) is 0 Å². The standard InChI is InChI=1S/C15H23NO4S2/c1-12-4-5-15(10-13(12)2)22(19,20)16-8-6-14(7-9-16)11-21(3,17)18/h4-5,10,14H,6-9,11H2,1-3H3. The van der Waals surface area contributed by atoms with E-state index in [0.717, 1.165) is 11.1 Å². The monoisotopic (exact) mass is 345 g/mol. The van der Waals surface area contributed by atoms with Crippen molar-refractivity contribution in [3.05, 3.63) is 29.3 Å². The third kappa shape index (κ3) is 4.08. The molecule has 0 unspecified atom stereocenters. The van der Waals surface area contributed by atoms with Crippen LogP contribution in [0.4, 0.5) is 0 Å². The van der Waals surface area contributed by atoms with Gasteiger partial charge >= 0.3 is 0 Å². The van der Waals surface area contributed by atoms with E-state index in [0.29, 0.717) is 30.8 Å². The second kappa shape index (κ2) is 6.29. The van der Waals surface area contributed by atoms with Crippen molar-refractivity contribution in [2.75, 3.05) is 25.1 Å². The van der Waals surface area contributed by atoms with Gasteiger partial charge in [0.1, 0.15) is 9.84 Å². The summed E-state index contributed by atoms with van der Waals surface area (Å²) in [6.45, 7) is 4.61. The summed E-state index contributed by atoms with van der Waals surface area (Å²) in [4.78, 5) is 0.317. The average Bonchev–Trinajstić information content (AvgIpc) is 2.40. The molecule has 124 valence electrons. The van der Waals surface area contributed by atoms with Crippen LogP contribution in [0.25, 0.3) is 0 Å². The molecule has 0 radical (unpaired) electrons. The summed E-state index contributed by atoms with van der Waals surface area (Å²) in [7, 11) is -6.49. The quantitative estimate of drug-likeness (QED) is 0.833. The van der Waals surface area contributed by atoms with Crippen LogP contribution in [0.1, 0.15) is 24.0 Å². The Bertz CT molecular complexity index is 746. The molecule has 0 amide bonds. The van der Waals surface area contributed by atoms with Crippen LogP contribution in [0.2, 0.25) is 0 Å². The van der Waals surface area contributed by atoms with Crippen molar-refractivity contribution in [1.29, 1.82) is 0 Å². The first-order valence-corrected chi connectivity index (χ1v) is 10.8. The van der Waals surface area contributed by atoms with Crippen molar-refractivity contribution in [2.45, 2.75) is 31.6 Å². The molecule has 1 aliphatic heterocycles. The van der Waals surface area contributed by atoms with Gasteiger partial charge in [0.15, 0.2) is 0 Å². The molecule has 0 aliphatic carbocycles. The molecule has 22 heavy (non-hydrogen) atoms. The number of benzene rings is 1. The van der Waals surface area contributed by atoms with Gasteiger partial charge < -0.3 is 0 Å². The fraction of sp³-hybridized carbons (Fsp3) is 0.600. The second-order valence-electron chi connectivity index (χ2n) is 6.19. The molecule has 0 atom stereocenters. The molecule has 1 heterocycles. The maximum Gasteiger partial charge on any atom is 0.243 e. The third-order valence-electron chi connectivity index (χ3n) is 4.23. The van der Waals surface area contributed by atoms with Crippen LogP contribution >= 0.6 is 0 Å². The van der Waals surface area contributed by atoms with Crippen LogP contribution in [0.15, 0.2) is 23.1 Å². The minimum Gasteiger partial charge on any atom is -0.229 e. The van der Waals surface area contributed by atoms with E-state index >= 15 is 0 Å². The lowest BCUT2D eigenvalue weighted by atomic mass is 10.0. The van der Waals surface area contributed by atoms with E-state index in [1.807, 2.05) is 19.9 Å². The molecule has 1 aromatic rings. The summed E-state index contributed by atoms with van der Waals surface area (Å²) in [5, 5.41) is 0. The number of hydrogen-bond donors (Lipinski definition) is 0. The highest BCUT2D eigenvalue weighted by atomic mass is 32.2. The molecular weight excluding hydrogens is 322 g/mol. The molecule has 7 heteroatoms. The van der Waals surface area contributed by atoms with E-state index < -0.39 is 19.9 Å². The van der Waals surface area contributed by atoms with E-state index in [4.69, 9.17) is 0 Å². The first-order chi connectivity index (χ1) is 10.1. The molecule has 1 fully saturated rings. The molecule has 0 N–H and O–H groups in total. The summed E-state index contributed by atoms with van der Waals surface area (Å²) in [5.74, 6) is 0.200. The van der Waals surface area contributed by atoms with Gasteiger partial charge in [0.05, 0.1) is 10.6 Å². The van der Waals surface area contributed by atoms with Gasteiger partial charge in [-0.1, -0.05) is 6.07 Å². The lowest BCUT2D eigenvalue weighted by molar-refractivity contribution is 0.289. The van der Waals surface area contributed by atoms with Gasteiger partial charge in [0, 0.05) is 19.3 Å². The fourth-order valence-corrected chi connectivity index (χ4v) is 5.51. The van der Waals surface area contributed by atoms with Crippen molar-refractivity contribution in [2.24, 2.45) is 5.92 Å². The topological polar surface area (TPSA) is 71.5 Å². The largest absolute Gasteiger partial charge is 0.243 e. The zero-order chi connectivity index (χ0) is 16.5. The molecular formula is C15H23NO4S2. The minimum atomic E-state index is -3.48. The SMILES string of the molecule is Cc1ccc(S(=O)(=O)N2CCC(CS(C)(=O)=O)CC2)cc1C. The Hall–Kier alpha value is -0.920. The van der Waals surface area contributed by atoms with Crippen molar-refractivity contribution in [3.8, 4) is 0 Å². The Morgan fingerprint density at radius 1 is 1.05 bits per heavy atom. The normalized spacial score (nSPS) is 18.5. The Labute approximate surface area is 133 Å². The number of sulfone groups is 1. The first kappa shape index (κ1) is 17.4. The maximum absolute atomic E-state index is 12.7. The van der Waals surface area contributed by atoms with E-state index in [1.54, 1.807) is 12.1 Å². The number of piperidine rings is 1. The predicted molar refractivity (Wildman–Crippen MR) is 87.1 cm³/mol. The Kier molecular flexibility index (Phi) is 4.99. The molecule has 0 aromatic heterocycles. The third-order valence-corrected chi connectivity index (χ3v) is 7.20. The van der Waals surface area contributed by atoms with Crippen LogP contribution in [0.3, 0.4) is 0 Å². The molecule has 1 saturated heterocycles. The predicted octanol–water partition coefficient (Wildman–Crippen LogP) is 1.75. The van der Waals surface area contributed by atoms with Gasteiger partial charge in [-0.3, -0.25) is 0 Å². The summed E-state index contributed by atoms with van der Waals surface area (Å²) in [6, 6.07) is 5.16. The maximum atomic E-state index is 12.7. The summed E-state index contributed by atoms with van der Waals surface area (Å²) in [5.41, 5.74) is 2.01. The van der Waals surface area contributed by atoms with Crippen molar-refractivity contribution < 1.29 is 16.8 Å². The van der Waals surface area contributed by atoms with Gasteiger partial charge in [-0.25, -0.2) is 16.8 Å². The highest BCUT2D eigenvalue weighted by Gasteiger charge is 2.30. The lowest BCUT2D eigenvalue weighted by Crippen LogP contribution is -2.39. The van der Waals surface area contributed by atoms with Crippen LogP contribution in [-0.4, -0.2) is 46.2 Å². The minimum absolute atomic E-state index is 0.0567. The van der Waals surface area contributed by atoms with E-state index in [1.165, 1.54) is 10.6 Å². The van der Waals surface area contributed by atoms with Crippen LogP contribution in [0.5, 0.6) is 0 Å². The zero-order valence-electron chi connectivity index (χ0n) is 13.2. The summed E-state index contributed by atoms with van der Waals surface area (Å²) >= 11 is 0.